The van der Waals surface area contributed by atoms with Crippen LogP contribution in [0.2, 0.25) is 0 Å². The summed E-state index contributed by atoms with van der Waals surface area (Å²) in [6, 6.07) is 0. The highest BCUT2D eigenvalue weighted by Gasteiger charge is 2.57. The molecule has 2 aliphatic rings. The van der Waals surface area contributed by atoms with Crippen molar-refractivity contribution < 1.29 is 40.9 Å². The maximum absolute atomic E-state index is 11.4. The van der Waals surface area contributed by atoms with Crippen LogP contribution in [0.4, 0.5) is 0 Å². The van der Waals surface area contributed by atoms with E-state index in [0.29, 0.717) is 0 Å². The van der Waals surface area contributed by atoms with Crippen molar-refractivity contribution >= 4 is 16.4 Å². The third-order valence-electron chi connectivity index (χ3n) is 3.05. The number of esters is 1. The van der Waals surface area contributed by atoms with E-state index in [1.54, 1.807) is 13.8 Å². The second-order valence-corrected chi connectivity index (χ2v) is 6.56. The number of carbonyl (C=O) groups is 1. The van der Waals surface area contributed by atoms with Gasteiger partial charge in [-0.25, -0.2) is 8.98 Å². The maximum Gasteiger partial charge on any atom is 0.397 e. The van der Waals surface area contributed by atoms with Gasteiger partial charge in [-0.3, -0.25) is 4.55 Å². The lowest BCUT2D eigenvalue weighted by Crippen LogP contribution is -2.40. The summed E-state index contributed by atoms with van der Waals surface area (Å²) in [5, 5.41) is 0. The standard InChI is InChI=1S/C12H18O9S/c1-6(2)10(13)17-5-7-8(21-22(14,15)16)9-11(18-7)20-12(3,4)19-9/h7-9,11H,1,5H2,2-4H3,(H,14,15,16)/t7-,8+,9-,11-/m1/s1. The Labute approximate surface area is 128 Å². The van der Waals surface area contributed by atoms with E-state index >= 15 is 0 Å². The molecular formula is C12H18O9S. The van der Waals surface area contributed by atoms with Gasteiger partial charge in [0.2, 0.25) is 0 Å². The molecule has 2 fully saturated rings. The van der Waals surface area contributed by atoms with Gasteiger partial charge in [0.15, 0.2) is 12.1 Å². The fourth-order valence-electron chi connectivity index (χ4n) is 2.22. The summed E-state index contributed by atoms with van der Waals surface area (Å²) in [4.78, 5) is 11.4. The molecule has 0 aromatic rings. The average Bonchev–Trinajstić information content (AvgIpc) is 2.78. The van der Waals surface area contributed by atoms with Crippen LogP contribution < -0.4 is 0 Å². The number of hydrogen-bond donors (Lipinski definition) is 1. The molecule has 1 N–H and O–H groups in total. The Kier molecular flexibility index (Phi) is 4.62. The summed E-state index contributed by atoms with van der Waals surface area (Å²) in [7, 11) is -4.74. The van der Waals surface area contributed by atoms with Crippen LogP contribution in [-0.4, -0.2) is 55.9 Å². The van der Waals surface area contributed by atoms with Gasteiger partial charge < -0.3 is 18.9 Å². The van der Waals surface area contributed by atoms with E-state index in [1.165, 1.54) is 6.92 Å². The molecular weight excluding hydrogens is 320 g/mol. The highest BCUT2D eigenvalue weighted by Crippen LogP contribution is 2.39. The van der Waals surface area contributed by atoms with E-state index in [9.17, 15) is 13.2 Å². The number of fused-ring (bicyclic) bond motifs is 1. The molecule has 2 saturated heterocycles. The zero-order chi connectivity index (χ0) is 16.7. The Hall–Kier alpha value is -1.04. The minimum Gasteiger partial charge on any atom is -0.459 e. The summed E-state index contributed by atoms with van der Waals surface area (Å²) >= 11 is 0. The van der Waals surface area contributed by atoms with Crippen LogP contribution in [0.5, 0.6) is 0 Å². The van der Waals surface area contributed by atoms with Crippen LogP contribution in [0.1, 0.15) is 20.8 Å². The summed E-state index contributed by atoms with van der Waals surface area (Å²) in [5.41, 5.74) is 0.180. The van der Waals surface area contributed by atoms with E-state index in [1.807, 2.05) is 0 Å². The lowest BCUT2D eigenvalue weighted by atomic mass is 10.1. The molecule has 0 spiro atoms. The quantitative estimate of drug-likeness (QED) is 0.425. The number of rotatable bonds is 5. The SMILES string of the molecule is C=C(C)C(=O)OC[C@H]1O[C@@H]2OC(C)(C)O[C@@H]2[C@H]1OS(=O)(=O)O. The van der Waals surface area contributed by atoms with Crippen molar-refractivity contribution in [2.45, 2.75) is 51.2 Å². The molecule has 0 aromatic carbocycles. The number of hydrogen-bond acceptors (Lipinski definition) is 8. The van der Waals surface area contributed by atoms with Gasteiger partial charge in [-0.1, -0.05) is 6.58 Å². The van der Waals surface area contributed by atoms with Gasteiger partial charge in [-0.05, 0) is 20.8 Å². The van der Waals surface area contributed by atoms with Gasteiger partial charge in [-0.15, -0.1) is 0 Å². The topological polar surface area (TPSA) is 118 Å². The zero-order valence-corrected chi connectivity index (χ0v) is 13.2. The highest BCUT2D eigenvalue weighted by molar-refractivity contribution is 7.80. The highest BCUT2D eigenvalue weighted by atomic mass is 32.3. The molecule has 0 aromatic heterocycles. The Morgan fingerprint density at radius 1 is 1.36 bits per heavy atom. The Balaban J connectivity index is 2.09. The van der Waals surface area contributed by atoms with Crippen molar-refractivity contribution in [3.8, 4) is 0 Å². The molecule has 0 aliphatic carbocycles. The van der Waals surface area contributed by atoms with Crippen molar-refractivity contribution in [3.05, 3.63) is 12.2 Å². The Morgan fingerprint density at radius 2 is 2.00 bits per heavy atom. The molecule has 0 unspecified atom stereocenters. The number of carbonyl (C=O) groups excluding carboxylic acids is 1. The van der Waals surface area contributed by atoms with Gasteiger partial charge in [0, 0.05) is 5.57 Å². The third kappa shape index (κ3) is 4.03. The summed E-state index contributed by atoms with van der Waals surface area (Å²) in [6.45, 7) is 7.83. The first-order valence-corrected chi connectivity index (χ1v) is 7.84. The van der Waals surface area contributed by atoms with Crippen LogP contribution in [0, 0.1) is 0 Å². The molecule has 10 heteroatoms. The molecule has 4 atom stereocenters. The predicted octanol–water partition coefficient (Wildman–Crippen LogP) is 0.170. The van der Waals surface area contributed by atoms with Gasteiger partial charge >= 0.3 is 16.4 Å². The van der Waals surface area contributed by atoms with Crippen LogP contribution in [0.3, 0.4) is 0 Å². The van der Waals surface area contributed by atoms with Crippen LogP contribution in [0.15, 0.2) is 12.2 Å². The average molecular weight is 338 g/mol. The van der Waals surface area contributed by atoms with Gasteiger partial charge in [0.25, 0.3) is 0 Å². The fourth-order valence-corrected chi connectivity index (χ4v) is 2.73. The first-order valence-electron chi connectivity index (χ1n) is 6.48. The number of ether oxygens (including phenoxy) is 4. The fraction of sp³-hybridized carbons (Fsp3) is 0.750. The molecule has 2 heterocycles. The lowest BCUT2D eigenvalue weighted by Gasteiger charge is -2.24. The van der Waals surface area contributed by atoms with Crippen LogP contribution >= 0.6 is 0 Å². The zero-order valence-electron chi connectivity index (χ0n) is 12.3. The van der Waals surface area contributed by atoms with E-state index in [2.05, 4.69) is 10.8 Å². The molecule has 126 valence electrons. The smallest absolute Gasteiger partial charge is 0.397 e. The monoisotopic (exact) mass is 338 g/mol. The van der Waals surface area contributed by atoms with Crippen molar-refractivity contribution in [2.24, 2.45) is 0 Å². The van der Waals surface area contributed by atoms with Crippen molar-refractivity contribution in [2.75, 3.05) is 6.61 Å². The molecule has 2 rings (SSSR count). The van der Waals surface area contributed by atoms with E-state index in [4.69, 9.17) is 23.5 Å². The predicted molar refractivity (Wildman–Crippen MR) is 70.9 cm³/mol. The largest absolute Gasteiger partial charge is 0.459 e. The maximum atomic E-state index is 11.4. The normalized spacial score (nSPS) is 33.5. The third-order valence-corrected chi connectivity index (χ3v) is 3.51. The summed E-state index contributed by atoms with van der Waals surface area (Å²) < 4.78 is 56.8. The van der Waals surface area contributed by atoms with Crippen LogP contribution in [-0.2, 0) is 38.3 Å². The first kappa shape index (κ1) is 17.3. The van der Waals surface area contributed by atoms with Gasteiger partial charge in [-0.2, -0.15) is 8.42 Å². The van der Waals surface area contributed by atoms with Gasteiger partial charge in [0.1, 0.15) is 24.9 Å². The Bertz CT molecular complexity index is 567. The first-order chi connectivity index (χ1) is 9.98. The molecule has 0 radical (unpaired) electrons. The van der Waals surface area contributed by atoms with Crippen LogP contribution in [0.25, 0.3) is 0 Å². The molecule has 9 nitrogen and oxygen atoms in total. The molecule has 0 bridgehead atoms. The molecule has 0 amide bonds. The minimum absolute atomic E-state index is 0.180. The summed E-state index contributed by atoms with van der Waals surface area (Å²) in [5.74, 6) is -1.65. The molecule has 2 aliphatic heterocycles. The Morgan fingerprint density at radius 3 is 2.55 bits per heavy atom. The molecule has 22 heavy (non-hydrogen) atoms. The van der Waals surface area contributed by atoms with Crippen molar-refractivity contribution in [1.82, 2.24) is 0 Å². The van der Waals surface area contributed by atoms with Crippen molar-refractivity contribution in [3.63, 3.8) is 0 Å². The van der Waals surface area contributed by atoms with E-state index < -0.39 is 46.8 Å². The van der Waals surface area contributed by atoms with Crippen molar-refractivity contribution in [1.29, 1.82) is 0 Å². The van der Waals surface area contributed by atoms with Gasteiger partial charge in [0.05, 0.1) is 0 Å². The summed E-state index contributed by atoms with van der Waals surface area (Å²) in [6.07, 6.45) is -3.96. The van der Waals surface area contributed by atoms with E-state index in [0.717, 1.165) is 0 Å². The second kappa shape index (κ2) is 5.87. The second-order valence-electron chi connectivity index (χ2n) is 5.51. The lowest BCUT2D eigenvalue weighted by molar-refractivity contribution is -0.218. The molecule has 0 saturated carbocycles. The minimum atomic E-state index is -4.74. The van der Waals surface area contributed by atoms with E-state index in [-0.39, 0.29) is 12.2 Å².